The molecule has 1 fully saturated rings. The van der Waals surface area contributed by atoms with Gasteiger partial charge in [-0.15, -0.1) is 24.8 Å². The smallest absolute Gasteiger partial charge is 0.390 e. The van der Waals surface area contributed by atoms with Crippen LogP contribution in [0.4, 0.5) is 13.2 Å². The average Bonchev–Trinajstić information content (AvgIpc) is 2.66. The van der Waals surface area contributed by atoms with Crippen molar-refractivity contribution < 1.29 is 23.0 Å². The first-order chi connectivity index (χ1) is 12.9. The third-order valence-electron chi connectivity index (χ3n) is 4.63. The molecule has 0 spiro atoms. The van der Waals surface area contributed by atoms with E-state index < -0.39 is 18.6 Å². The second kappa shape index (κ2) is 11.5. The van der Waals surface area contributed by atoms with Crippen molar-refractivity contribution in [2.45, 2.75) is 25.2 Å². The maximum Gasteiger partial charge on any atom is 0.390 e. The van der Waals surface area contributed by atoms with Gasteiger partial charge in [-0.2, -0.15) is 13.2 Å². The highest BCUT2D eigenvalue weighted by molar-refractivity contribution is 5.85. The van der Waals surface area contributed by atoms with Crippen molar-refractivity contribution in [1.82, 2.24) is 10.2 Å². The Morgan fingerprint density at radius 2 is 1.69 bits per heavy atom. The first-order valence-corrected chi connectivity index (χ1v) is 8.93. The van der Waals surface area contributed by atoms with Crippen molar-refractivity contribution in [3.8, 4) is 11.5 Å². The molecule has 2 aromatic carbocycles. The second-order valence-corrected chi connectivity index (χ2v) is 6.62. The number of hydrogen-bond acceptors (Lipinski definition) is 4. The minimum Gasteiger partial charge on any atom is -0.507 e. The number of benzene rings is 2. The molecule has 1 saturated heterocycles. The number of phenolic OH excluding ortho intramolecular Hbond substituents is 1. The SMILES string of the molecule is Cl.Cl.Oc1cc(OCc2ccccc2)ccc1[C@H](CC(F)(F)F)N1CCNCC1. The molecule has 1 heterocycles. The average molecular weight is 453 g/mol. The molecule has 2 aromatic rings. The molecular formula is C20H25Cl2F3N2O2. The van der Waals surface area contributed by atoms with Crippen LogP contribution in [0, 0.1) is 0 Å². The minimum atomic E-state index is -4.32. The van der Waals surface area contributed by atoms with E-state index in [1.165, 1.54) is 12.1 Å². The molecule has 3 rings (SSSR count). The fourth-order valence-corrected chi connectivity index (χ4v) is 3.28. The molecule has 29 heavy (non-hydrogen) atoms. The van der Waals surface area contributed by atoms with Crippen molar-refractivity contribution in [2.24, 2.45) is 0 Å². The summed E-state index contributed by atoms with van der Waals surface area (Å²) in [5.74, 6) is 0.250. The predicted molar refractivity (Wildman–Crippen MR) is 111 cm³/mol. The van der Waals surface area contributed by atoms with E-state index in [1.54, 1.807) is 11.0 Å². The van der Waals surface area contributed by atoms with Gasteiger partial charge >= 0.3 is 6.18 Å². The van der Waals surface area contributed by atoms with Crippen molar-refractivity contribution in [2.75, 3.05) is 26.2 Å². The molecule has 0 radical (unpaired) electrons. The summed E-state index contributed by atoms with van der Waals surface area (Å²) in [7, 11) is 0. The zero-order valence-corrected chi connectivity index (χ0v) is 17.3. The Bertz CT molecular complexity index is 742. The molecule has 1 aliphatic heterocycles. The van der Waals surface area contributed by atoms with Gasteiger partial charge in [0.25, 0.3) is 0 Å². The molecule has 2 N–H and O–H groups in total. The van der Waals surface area contributed by atoms with Crippen LogP contribution in [-0.4, -0.2) is 42.4 Å². The van der Waals surface area contributed by atoms with Gasteiger partial charge in [0.05, 0.1) is 6.42 Å². The number of ether oxygens (including phenoxy) is 1. The Morgan fingerprint density at radius 3 is 2.28 bits per heavy atom. The van der Waals surface area contributed by atoms with E-state index in [9.17, 15) is 18.3 Å². The molecule has 1 atom stereocenters. The van der Waals surface area contributed by atoms with Crippen LogP contribution in [0.3, 0.4) is 0 Å². The van der Waals surface area contributed by atoms with Crippen LogP contribution in [0.15, 0.2) is 48.5 Å². The Kier molecular flexibility index (Phi) is 10.1. The lowest BCUT2D eigenvalue weighted by Gasteiger charge is -2.36. The first-order valence-electron chi connectivity index (χ1n) is 8.93. The highest BCUT2D eigenvalue weighted by atomic mass is 35.5. The number of aromatic hydroxyl groups is 1. The summed E-state index contributed by atoms with van der Waals surface area (Å²) in [4.78, 5) is 1.77. The molecule has 0 amide bonds. The van der Waals surface area contributed by atoms with E-state index in [0.717, 1.165) is 5.56 Å². The number of nitrogens with one attached hydrogen (secondary N) is 1. The molecule has 0 aromatic heterocycles. The minimum absolute atomic E-state index is 0. The number of phenols is 1. The molecule has 4 nitrogen and oxygen atoms in total. The number of alkyl halides is 3. The van der Waals surface area contributed by atoms with Crippen molar-refractivity contribution in [3.05, 3.63) is 59.7 Å². The van der Waals surface area contributed by atoms with E-state index in [2.05, 4.69) is 5.32 Å². The van der Waals surface area contributed by atoms with Crippen LogP contribution < -0.4 is 10.1 Å². The van der Waals surface area contributed by atoms with Gasteiger partial charge in [0.2, 0.25) is 0 Å². The van der Waals surface area contributed by atoms with Gasteiger partial charge in [0, 0.05) is 43.9 Å². The lowest BCUT2D eigenvalue weighted by atomic mass is 9.99. The zero-order valence-electron chi connectivity index (χ0n) is 15.7. The second-order valence-electron chi connectivity index (χ2n) is 6.62. The summed E-state index contributed by atoms with van der Waals surface area (Å²) in [6.45, 7) is 2.60. The van der Waals surface area contributed by atoms with E-state index in [-0.39, 0.29) is 36.1 Å². The Hall–Kier alpha value is -1.67. The molecule has 0 saturated carbocycles. The topological polar surface area (TPSA) is 44.7 Å². The summed E-state index contributed by atoms with van der Waals surface area (Å²) < 4.78 is 45.0. The maximum atomic E-state index is 13.1. The summed E-state index contributed by atoms with van der Waals surface area (Å²) >= 11 is 0. The molecular weight excluding hydrogens is 428 g/mol. The van der Waals surface area contributed by atoms with Crippen LogP contribution in [-0.2, 0) is 6.61 Å². The van der Waals surface area contributed by atoms with E-state index in [4.69, 9.17) is 4.74 Å². The highest BCUT2D eigenvalue weighted by Gasteiger charge is 2.37. The van der Waals surface area contributed by atoms with Crippen LogP contribution in [0.2, 0.25) is 0 Å². The van der Waals surface area contributed by atoms with Crippen LogP contribution in [0.5, 0.6) is 11.5 Å². The lowest BCUT2D eigenvalue weighted by molar-refractivity contribution is -0.148. The Balaban J connectivity index is 0.00000210. The van der Waals surface area contributed by atoms with Gasteiger partial charge in [-0.3, -0.25) is 4.90 Å². The van der Waals surface area contributed by atoms with E-state index in [1.807, 2.05) is 30.3 Å². The van der Waals surface area contributed by atoms with E-state index >= 15 is 0 Å². The summed E-state index contributed by atoms with van der Waals surface area (Å²) in [5, 5.41) is 13.5. The van der Waals surface area contributed by atoms with Gasteiger partial charge < -0.3 is 15.2 Å². The number of hydrogen-bond donors (Lipinski definition) is 2. The van der Waals surface area contributed by atoms with Gasteiger partial charge in [-0.1, -0.05) is 36.4 Å². The van der Waals surface area contributed by atoms with Gasteiger partial charge in [-0.25, -0.2) is 0 Å². The number of rotatable bonds is 6. The van der Waals surface area contributed by atoms with Gasteiger partial charge in [0.1, 0.15) is 18.1 Å². The molecule has 1 aliphatic rings. The third kappa shape index (κ3) is 7.59. The predicted octanol–water partition coefficient (Wildman–Crippen LogP) is 4.71. The Labute approximate surface area is 180 Å². The van der Waals surface area contributed by atoms with Crippen molar-refractivity contribution in [3.63, 3.8) is 0 Å². The summed E-state index contributed by atoms with van der Waals surface area (Å²) in [6, 6.07) is 13.2. The van der Waals surface area contributed by atoms with Crippen LogP contribution in [0.25, 0.3) is 0 Å². The highest BCUT2D eigenvalue weighted by Crippen LogP contribution is 2.39. The lowest BCUT2D eigenvalue weighted by Crippen LogP contribution is -2.46. The molecule has 0 aliphatic carbocycles. The monoisotopic (exact) mass is 452 g/mol. The largest absolute Gasteiger partial charge is 0.507 e. The summed E-state index contributed by atoms with van der Waals surface area (Å²) in [5.41, 5.74) is 1.25. The van der Waals surface area contributed by atoms with Gasteiger partial charge in [-0.05, 0) is 11.6 Å². The summed E-state index contributed by atoms with van der Waals surface area (Å²) in [6.07, 6.45) is -5.31. The normalized spacial score (nSPS) is 15.7. The van der Waals surface area contributed by atoms with Crippen LogP contribution in [0.1, 0.15) is 23.6 Å². The zero-order chi connectivity index (χ0) is 19.3. The third-order valence-corrected chi connectivity index (χ3v) is 4.63. The van der Waals surface area contributed by atoms with Crippen LogP contribution >= 0.6 is 24.8 Å². The molecule has 9 heteroatoms. The number of piperazine rings is 1. The number of nitrogens with zero attached hydrogens (tertiary/aromatic N) is 1. The fraction of sp³-hybridized carbons (Fsp3) is 0.400. The molecule has 162 valence electrons. The number of halogens is 5. The Morgan fingerprint density at radius 1 is 1.03 bits per heavy atom. The maximum absolute atomic E-state index is 13.1. The van der Waals surface area contributed by atoms with Gasteiger partial charge in [0.15, 0.2) is 0 Å². The fourth-order valence-electron chi connectivity index (χ4n) is 3.28. The van der Waals surface area contributed by atoms with Crippen molar-refractivity contribution in [1.29, 1.82) is 0 Å². The first kappa shape index (κ1) is 25.4. The molecule has 0 bridgehead atoms. The quantitative estimate of drug-likeness (QED) is 0.665. The standard InChI is InChI=1S/C20H23F3N2O2.2ClH/c21-20(22,23)13-18(25-10-8-24-9-11-25)17-7-6-16(12-19(17)26)27-14-15-4-2-1-3-5-15;;/h1-7,12,18,24,26H,8-11,13-14H2;2*1H/t18-;;/m0../s1. The van der Waals surface area contributed by atoms with E-state index in [0.29, 0.717) is 38.5 Å². The van der Waals surface area contributed by atoms with Crippen molar-refractivity contribution >= 4 is 24.8 Å². The molecule has 0 unspecified atom stereocenters.